The summed E-state index contributed by atoms with van der Waals surface area (Å²) in [6.45, 7) is 5.67. The molecule has 134 valence electrons. The van der Waals surface area contributed by atoms with Crippen molar-refractivity contribution in [2.24, 2.45) is 11.3 Å². The average Bonchev–Trinajstić information content (AvgIpc) is 3.09. The molecule has 0 bridgehead atoms. The molecule has 0 saturated carbocycles. The van der Waals surface area contributed by atoms with Crippen LogP contribution in [0, 0.1) is 11.3 Å². The van der Waals surface area contributed by atoms with Crippen LogP contribution in [-0.2, 0) is 20.9 Å². The van der Waals surface area contributed by atoms with Gasteiger partial charge in [0.2, 0.25) is 17.7 Å². The summed E-state index contributed by atoms with van der Waals surface area (Å²) in [6.07, 6.45) is 4.26. The van der Waals surface area contributed by atoms with Gasteiger partial charge >= 0.3 is 0 Å². The summed E-state index contributed by atoms with van der Waals surface area (Å²) in [4.78, 5) is 44.1. The second-order valence-corrected chi connectivity index (χ2v) is 7.08. The molecule has 25 heavy (non-hydrogen) atoms. The normalized spacial score (nSPS) is 25.7. The van der Waals surface area contributed by atoms with Crippen molar-refractivity contribution in [1.82, 2.24) is 20.1 Å². The van der Waals surface area contributed by atoms with Crippen LogP contribution in [0.4, 0.5) is 0 Å². The van der Waals surface area contributed by atoms with Crippen LogP contribution in [0.2, 0.25) is 0 Å². The van der Waals surface area contributed by atoms with Gasteiger partial charge < -0.3 is 15.1 Å². The molecule has 2 aliphatic rings. The van der Waals surface area contributed by atoms with Crippen molar-refractivity contribution in [2.45, 2.75) is 26.8 Å². The molecule has 2 atom stereocenters. The van der Waals surface area contributed by atoms with Gasteiger partial charge in [-0.2, -0.15) is 0 Å². The fraction of sp³-hybridized carbons (Fsp3) is 0.556. The van der Waals surface area contributed by atoms with Gasteiger partial charge in [0.25, 0.3) is 0 Å². The Morgan fingerprint density at radius 2 is 2.24 bits per heavy atom. The lowest BCUT2D eigenvalue weighted by Crippen LogP contribution is -2.42. The molecule has 0 unspecified atom stereocenters. The van der Waals surface area contributed by atoms with Crippen molar-refractivity contribution in [3.05, 3.63) is 30.1 Å². The molecule has 1 aromatic heterocycles. The quantitative estimate of drug-likeness (QED) is 0.858. The molecular weight excluding hydrogens is 320 g/mol. The number of hydrogen-bond donors (Lipinski definition) is 1. The Balaban J connectivity index is 1.67. The molecule has 2 fully saturated rings. The van der Waals surface area contributed by atoms with Crippen molar-refractivity contribution >= 4 is 17.7 Å². The first-order chi connectivity index (χ1) is 11.9. The van der Waals surface area contributed by atoms with Crippen LogP contribution in [0.15, 0.2) is 24.5 Å². The number of rotatable bonds is 4. The van der Waals surface area contributed by atoms with Crippen LogP contribution in [0.25, 0.3) is 0 Å². The molecule has 7 heteroatoms. The maximum Gasteiger partial charge on any atom is 0.242 e. The summed E-state index contributed by atoms with van der Waals surface area (Å²) in [5.41, 5.74) is 0.519. The molecule has 1 N–H and O–H groups in total. The third-order valence-corrected chi connectivity index (χ3v) is 5.39. The van der Waals surface area contributed by atoms with Crippen LogP contribution >= 0.6 is 0 Å². The fourth-order valence-electron chi connectivity index (χ4n) is 3.89. The lowest BCUT2D eigenvalue weighted by Gasteiger charge is -2.26. The molecule has 3 rings (SSSR count). The summed E-state index contributed by atoms with van der Waals surface area (Å²) in [6, 6.07) is 3.83. The Morgan fingerprint density at radius 3 is 2.92 bits per heavy atom. The number of carbonyl (C=O) groups excluding carboxylic acids is 3. The smallest absolute Gasteiger partial charge is 0.242 e. The second kappa shape index (κ2) is 6.82. The molecule has 2 saturated heterocycles. The van der Waals surface area contributed by atoms with Gasteiger partial charge in [0.1, 0.15) is 0 Å². The van der Waals surface area contributed by atoms with E-state index < -0.39 is 5.41 Å². The molecule has 2 aliphatic heterocycles. The van der Waals surface area contributed by atoms with E-state index in [1.165, 1.54) is 6.92 Å². The Kier molecular flexibility index (Phi) is 4.74. The monoisotopic (exact) mass is 344 g/mol. The van der Waals surface area contributed by atoms with E-state index >= 15 is 0 Å². The number of likely N-dealkylation sites (tertiary alicyclic amines) is 2. The van der Waals surface area contributed by atoms with Crippen LogP contribution in [0.3, 0.4) is 0 Å². The van der Waals surface area contributed by atoms with Crippen LogP contribution in [-0.4, -0.2) is 58.7 Å². The Bertz CT molecular complexity index is 678. The second-order valence-electron chi connectivity index (χ2n) is 7.08. The lowest BCUT2D eigenvalue weighted by atomic mass is 9.78. The third kappa shape index (κ3) is 3.36. The van der Waals surface area contributed by atoms with Crippen LogP contribution in [0.5, 0.6) is 0 Å². The minimum atomic E-state index is -0.492. The first-order valence-corrected chi connectivity index (χ1v) is 8.63. The van der Waals surface area contributed by atoms with E-state index in [2.05, 4.69) is 10.3 Å². The predicted molar refractivity (Wildman–Crippen MR) is 91.1 cm³/mol. The molecule has 0 aromatic carbocycles. The highest BCUT2D eigenvalue weighted by atomic mass is 16.2. The van der Waals surface area contributed by atoms with E-state index in [0.717, 1.165) is 12.0 Å². The van der Waals surface area contributed by atoms with E-state index in [4.69, 9.17) is 0 Å². The number of hydrogen-bond acceptors (Lipinski definition) is 4. The van der Waals surface area contributed by atoms with Crippen molar-refractivity contribution < 1.29 is 14.4 Å². The maximum absolute atomic E-state index is 13.1. The highest BCUT2D eigenvalue weighted by Gasteiger charge is 2.55. The molecule has 1 spiro atoms. The van der Waals surface area contributed by atoms with E-state index in [1.54, 1.807) is 17.3 Å². The van der Waals surface area contributed by atoms with E-state index in [9.17, 15) is 14.4 Å². The van der Waals surface area contributed by atoms with E-state index in [-0.39, 0.29) is 30.2 Å². The summed E-state index contributed by atoms with van der Waals surface area (Å²) >= 11 is 0. The van der Waals surface area contributed by atoms with Crippen LogP contribution in [0.1, 0.15) is 25.8 Å². The van der Waals surface area contributed by atoms with Gasteiger partial charge in [0, 0.05) is 45.5 Å². The molecule has 1 aromatic rings. The Morgan fingerprint density at radius 1 is 1.44 bits per heavy atom. The van der Waals surface area contributed by atoms with Crippen molar-refractivity contribution in [1.29, 1.82) is 0 Å². The van der Waals surface area contributed by atoms with Crippen molar-refractivity contribution in [3.8, 4) is 0 Å². The minimum Gasteiger partial charge on any atom is -0.347 e. The lowest BCUT2D eigenvalue weighted by molar-refractivity contribution is -0.138. The molecule has 7 nitrogen and oxygen atoms in total. The maximum atomic E-state index is 13.1. The van der Waals surface area contributed by atoms with E-state index in [0.29, 0.717) is 26.2 Å². The Hall–Kier alpha value is -2.44. The zero-order valence-corrected chi connectivity index (χ0v) is 14.7. The molecule has 3 heterocycles. The van der Waals surface area contributed by atoms with Crippen LogP contribution < -0.4 is 5.32 Å². The zero-order chi connectivity index (χ0) is 18.0. The molecule has 3 amide bonds. The molecular formula is C18H24N4O3. The largest absolute Gasteiger partial charge is 0.347 e. The highest BCUT2D eigenvalue weighted by Crippen LogP contribution is 2.45. The standard InChI is InChI=1S/C18H24N4O3/c1-13-10-22(16(24)9-20-14(2)23)12-18(13)5-7-21(17(18)25)11-15-4-3-6-19-8-15/h3-4,6,8,13H,5,7,9-12H2,1-2H3,(H,20,23)/t13-,18-/m1/s1. The van der Waals surface area contributed by atoms with Crippen molar-refractivity contribution in [2.75, 3.05) is 26.2 Å². The summed E-state index contributed by atoms with van der Waals surface area (Å²) in [5.74, 6) is -0.119. The number of amides is 3. The van der Waals surface area contributed by atoms with Gasteiger partial charge in [-0.05, 0) is 24.0 Å². The molecule has 0 aliphatic carbocycles. The van der Waals surface area contributed by atoms with Gasteiger partial charge in [-0.25, -0.2) is 0 Å². The Labute approximate surface area is 147 Å². The number of nitrogens with one attached hydrogen (secondary N) is 1. The highest BCUT2D eigenvalue weighted by molar-refractivity contribution is 5.89. The van der Waals surface area contributed by atoms with Gasteiger partial charge in [0.15, 0.2) is 0 Å². The van der Waals surface area contributed by atoms with E-state index in [1.807, 2.05) is 24.0 Å². The number of carbonyl (C=O) groups is 3. The number of aromatic nitrogens is 1. The van der Waals surface area contributed by atoms with Gasteiger partial charge in [-0.3, -0.25) is 19.4 Å². The van der Waals surface area contributed by atoms with Gasteiger partial charge in [0.05, 0.1) is 12.0 Å². The predicted octanol–water partition coefficient (Wildman–Crippen LogP) is 0.415. The fourth-order valence-corrected chi connectivity index (χ4v) is 3.89. The van der Waals surface area contributed by atoms with Crippen molar-refractivity contribution in [3.63, 3.8) is 0 Å². The number of pyridine rings is 1. The molecule has 0 radical (unpaired) electrons. The third-order valence-electron chi connectivity index (χ3n) is 5.39. The SMILES string of the molecule is CC(=O)NCC(=O)N1C[C@@H](C)[C@@]2(CCN(Cc3cccnc3)C2=O)C1. The topological polar surface area (TPSA) is 82.6 Å². The first kappa shape index (κ1) is 17.4. The minimum absolute atomic E-state index is 0.00821. The summed E-state index contributed by atoms with van der Waals surface area (Å²) < 4.78 is 0. The zero-order valence-electron chi connectivity index (χ0n) is 14.7. The average molecular weight is 344 g/mol. The number of nitrogens with zero attached hydrogens (tertiary/aromatic N) is 3. The summed E-state index contributed by atoms with van der Waals surface area (Å²) in [7, 11) is 0. The summed E-state index contributed by atoms with van der Waals surface area (Å²) in [5, 5.41) is 2.54. The van der Waals surface area contributed by atoms with Gasteiger partial charge in [-0.15, -0.1) is 0 Å². The van der Waals surface area contributed by atoms with Gasteiger partial charge in [-0.1, -0.05) is 13.0 Å². The first-order valence-electron chi connectivity index (χ1n) is 8.63.